The van der Waals surface area contributed by atoms with Crippen molar-refractivity contribution in [2.45, 2.75) is 26.9 Å². The number of rotatable bonds is 1. The number of alkyl halides is 3. The molecule has 0 bridgehead atoms. The first-order chi connectivity index (χ1) is 9.23. The van der Waals surface area contributed by atoms with Crippen LogP contribution in [0.4, 0.5) is 17.6 Å². The molecule has 1 aromatic heterocycles. The Hall–Kier alpha value is -1.63. The summed E-state index contributed by atoms with van der Waals surface area (Å²) < 4.78 is 51.1. The predicted octanol–water partition coefficient (Wildman–Crippen LogP) is 5.09. The monoisotopic (exact) mass is 308 g/mol. The highest BCUT2D eigenvalue weighted by atomic mass is 32.1. The second-order valence-corrected chi connectivity index (χ2v) is 4.68. The molecule has 0 spiro atoms. The van der Waals surface area contributed by atoms with Gasteiger partial charge in [-0.1, -0.05) is 19.9 Å². The molecular weight excluding hydrogens is 296 g/mol. The van der Waals surface area contributed by atoms with E-state index in [1.807, 2.05) is 13.8 Å². The van der Waals surface area contributed by atoms with E-state index in [-0.39, 0.29) is 20.5 Å². The van der Waals surface area contributed by atoms with Gasteiger partial charge in [0.1, 0.15) is 16.3 Å². The van der Waals surface area contributed by atoms with Crippen molar-refractivity contribution in [2.24, 2.45) is 0 Å². The highest BCUT2D eigenvalue weighted by molar-refractivity contribution is 7.21. The summed E-state index contributed by atoms with van der Waals surface area (Å²) in [4.78, 5) is 10.7. The molecule has 0 atom stereocenters. The number of aromatic carboxylic acids is 1. The van der Waals surface area contributed by atoms with Gasteiger partial charge in [-0.3, -0.25) is 0 Å². The molecule has 0 radical (unpaired) electrons. The van der Waals surface area contributed by atoms with Gasteiger partial charge in [-0.2, -0.15) is 13.2 Å². The summed E-state index contributed by atoms with van der Waals surface area (Å²) in [6.07, 6.45) is -4.85. The van der Waals surface area contributed by atoms with Crippen molar-refractivity contribution in [3.8, 4) is 0 Å². The quantitative estimate of drug-likeness (QED) is 0.745. The van der Waals surface area contributed by atoms with Crippen LogP contribution in [-0.4, -0.2) is 11.1 Å². The van der Waals surface area contributed by atoms with Crippen LogP contribution in [-0.2, 0) is 6.18 Å². The zero-order valence-corrected chi connectivity index (χ0v) is 11.7. The van der Waals surface area contributed by atoms with Crippen LogP contribution in [0.2, 0.25) is 0 Å². The zero-order valence-electron chi connectivity index (χ0n) is 10.9. The molecule has 20 heavy (non-hydrogen) atoms. The number of carboxylic acids is 1. The van der Waals surface area contributed by atoms with E-state index in [4.69, 9.17) is 5.11 Å². The van der Waals surface area contributed by atoms with E-state index in [0.29, 0.717) is 17.4 Å². The lowest BCUT2D eigenvalue weighted by Crippen LogP contribution is -2.08. The van der Waals surface area contributed by atoms with Gasteiger partial charge in [0, 0.05) is 0 Å². The molecule has 0 unspecified atom stereocenters. The number of fused-ring (bicyclic) bond motifs is 1. The fourth-order valence-electron chi connectivity index (χ4n) is 1.73. The van der Waals surface area contributed by atoms with Gasteiger partial charge in [-0.05, 0) is 23.9 Å². The van der Waals surface area contributed by atoms with E-state index in [0.717, 1.165) is 6.07 Å². The molecule has 2 aromatic rings. The molecule has 1 heterocycles. The van der Waals surface area contributed by atoms with Crippen molar-refractivity contribution in [1.29, 1.82) is 0 Å². The normalized spacial score (nSPS) is 11.2. The highest BCUT2D eigenvalue weighted by Crippen LogP contribution is 2.42. The first kappa shape index (κ1) is 16.4. The van der Waals surface area contributed by atoms with Crippen LogP contribution in [0.1, 0.15) is 34.6 Å². The minimum absolute atomic E-state index is 0.117. The predicted molar refractivity (Wildman–Crippen MR) is 69.8 cm³/mol. The number of carbonyl (C=O) groups is 1. The molecule has 2 rings (SSSR count). The number of aryl methyl sites for hydroxylation is 1. The van der Waals surface area contributed by atoms with E-state index in [1.165, 1.54) is 6.92 Å². The van der Waals surface area contributed by atoms with Gasteiger partial charge in [-0.15, -0.1) is 11.3 Å². The molecule has 0 aliphatic heterocycles. The molecule has 0 amide bonds. The van der Waals surface area contributed by atoms with Crippen molar-refractivity contribution in [2.75, 3.05) is 0 Å². The number of halogens is 4. The van der Waals surface area contributed by atoms with Crippen LogP contribution in [0.15, 0.2) is 12.1 Å². The van der Waals surface area contributed by atoms with E-state index < -0.39 is 23.5 Å². The lowest BCUT2D eigenvalue weighted by atomic mass is 10.1. The van der Waals surface area contributed by atoms with Gasteiger partial charge >= 0.3 is 12.1 Å². The van der Waals surface area contributed by atoms with Gasteiger partial charge in [0.05, 0.1) is 4.70 Å². The van der Waals surface area contributed by atoms with Crippen LogP contribution >= 0.6 is 11.3 Å². The Labute approximate surface area is 116 Å². The first-order valence-corrected chi connectivity index (χ1v) is 6.57. The fraction of sp³-hybridized carbons (Fsp3) is 0.308. The Morgan fingerprint density at radius 1 is 1.25 bits per heavy atom. The Balaban J connectivity index is 0.000000956. The molecule has 2 nitrogen and oxygen atoms in total. The van der Waals surface area contributed by atoms with Crippen molar-refractivity contribution in [1.82, 2.24) is 0 Å². The van der Waals surface area contributed by atoms with Crippen molar-refractivity contribution in [3.63, 3.8) is 0 Å². The smallest absolute Gasteiger partial charge is 0.420 e. The SMILES string of the molecule is CC.Cc1c(C(=O)O)sc2c(C(F)(F)F)c(F)ccc12. The Kier molecular flexibility index (Phi) is 4.75. The molecule has 0 fully saturated rings. The molecule has 110 valence electrons. The van der Waals surface area contributed by atoms with E-state index >= 15 is 0 Å². The maximum absolute atomic E-state index is 13.3. The average molecular weight is 308 g/mol. The van der Waals surface area contributed by atoms with Gasteiger partial charge in [0.2, 0.25) is 0 Å². The molecular formula is C13H12F4O2S. The number of hydrogen-bond donors (Lipinski definition) is 1. The summed E-state index contributed by atoms with van der Waals surface area (Å²) in [5.74, 6) is -2.71. The second-order valence-electron chi connectivity index (χ2n) is 3.66. The van der Waals surface area contributed by atoms with Crippen molar-refractivity contribution < 1.29 is 27.5 Å². The first-order valence-electron chi connectivity index (χ1n) is 5.75. The van der Waals surface area contributed by atoms with Crippen LogP contribution < -0.4 is 0 Å². The summed E-state index contributed by atoms with van der Waals surface area (Å²) in [5, 5.41) is 8.98. The van der Waals surface area contributed by atoms with Gasteiger partial charge < -0.3 is 5.11 Å². The van der Waals surface area contributed by atoms with Gasteiger partial charge in [0.25, 0.3) is 0 Å². The third-order valence-electron chi connectivity index (χ3n) is 2.53. The topological polar surface area (TPSA) is 37.3 Å². The minimum atomic E-state index is -4.85. The molecule has 0 aliphatic carbocycles. The Morgan fingerprint density at radius 2 is 1.80 bits per heavy atom. The molecule has 0 aliphatic rings. The van der Waals surface area contributed by atoms with Crippen LogP contribution in [0.3, 0.4) is 0 Å². The number of hydrogen-bond acceptors (Lipinski definition) is 2. The van der Waals surface area contributed by atoms with Gasteiger partial charge in [0.15, 0.2) is 0 Å². The van der Waals surface area contributed by atoms with E-state index in [2.05, 4.69) is 0 Å². The third-order valence-corrected chi connectivity index (χ3v) is 3.85. The third kappa shape index (κ3) is 2.77. The molecule has 1 aromatic carbocycles. The number of benzene rings is 1. The van der Waals surface area contributed by atoms with Crippen LogP contribution in [0, 0.1) is 12.7 Å². The minimum Gasteiger partial charge on any atom is -0.477 e. The maximum atomic E-state index is 13.3. The summed E-state index contributed by atoms with van der Waals surface area (Å²) in [7, 11) is 0. The molecule has 1 N–H and O–H groups in total. The van der Waals surface area contributed by atoms with Crippen LogP contribution in [0.25, 0.3) is 10.1 Å². The lowest BCUT2D eigenvalue weighted by molar-refractivity contribution is -0.138. The molecule has 0 saturated carbocycles. The van der Waals surface area contributed by atoms with E-state index in [1.54, 1.807) is 0 Å². The largest absolute Gasteiger partial charge is 0.477 e. The maximum Gasteiger partial charge on any atom is 0.420 e. The lowest BCUT2D eigenvalue weighted by Gasteiger charge is -2.08. The Morgan fingerprint density at radius 3 is 2.25 bits per heavy atom. The van der Waals surface area contributed by atoms with Gasteiger partial charge in [-0.25, -0.2) is 9.18 Å². The van der Waals surface area contributed by atoms with Crippen LogP contribution in [0.5, 0.6) is 0 Å². The van der Waals surface area contributed by atoms with Crippen molar-refractivity contribution in [3.05, 3.63) is 34.0 Å². The number of thiophene rings is 1. The summed E-state index contributed by atoms with van der Waals surface area (Å²) >= 11 is 0.440. The molecule has 7 heteroatoms. The highest BCUT2D eigenvalue weighted by Gasteiger charge is 2.37. The summed E-state index contributed by atoms with van der Waals surface area (Å²) in [5.41, 5.74) is -1.19. The number of carboxylic acid groups (broad SMARTS) is 1. The zero-order chi connectivity index (χ0) is 15.7. The average Bonchev–Trinajstić information content (AvgIpc) is 2.67. The fourth-order valence-corrected chi connectivity index (χ4v) is 2.93. The van der Waals surface area contributed by atoms with Crippen molar-refractivity contribution >= 4 is 27.4 Å². The standard InChI is InChI=1S/C11H6F4O2S.C2H6/c1-4-5-2-3-6(12)7(11(13,14)15)9(5)18-8(4)10(16)17;1-2/h2-3H,1H3,(H,16,17);1-2H3. The summed E-state index contributed by atoms with van der Waals surface area (Å²) in [6, 6.07) is 1.87. The molecule has 0 saturated heterocycles. The van der Waals surface area contributed by atoms with E-state index in [9.17, 15) is 22.4 Å². The Bertz CT molecular complexity index is 644. The second kappa shape index (κ2) is 5.78. The summed E-state index contributed by atoms with van der Waals surface area (Å²) in [6.45, 7) is 5.40.